The fourth-order valence-corrected chi connectivity index (χ4v) is 2.74. The second kappa shape index (κ2) is 6.62. The zero-order valence-corrected chi connectivity index (χ0v) is 13.0. The van der Waals surface area contributed by atoms with Gasteiger partial charge in [0, 0.05) is 18.1 Å². The molecule has 5 nitrogen and oxygen atoms in total. The van der Waals surface area contributed by atoms with E-state index < -0.39 is 6.04 Å². The van der Waals surface area contributed by atoms with Crippen molar-refractivity contribution in [1.82, 2.24) is 10.3 Å². The Morgan fingerprint density at radius 2 is 1.95 bits per heavy atom. The van der Waals surface area contributed by atoms with Crippen molar-refractivity contribution in [3.63, 3.8) is 0 Å². The van der Waals surface area contributed by atoms with Crippen LogP contribution >= 0.6 is 27.3 Å². The third-order valence-electron chi connectivity index (χ3n) is 2.49. The van der Waals surface area contributed by atoms with Crippen molar-refractivity contribution in [1.29, 1.82) is 0 Å². The molecule has 1 unspecified atom stereocenters. The van der Waals surface area contributed by atoms with Gasteiger partial charge in [-0.3, -0.25) is 14.6 Å². The summed E-state index contributed by atoms with van der Waals surface area (Å²) < 4.78 is 0.872. The van der Waals surface area contributed by atoms with Crippen LogP contribution in [0, 0.1) is 0 Å². The third-order valence-corrected chi connectivity index (χ3v) is 4.11. The minimum atomic E-state index is -0.628. The number of carbonyl (C=O) groups excluding carboxylic acids is 2. The van der Waals surface area contributed by atoms with E-state index in [0.717, 1.165) is 3.79 Å². The van der Waals surface area contributed by atoms with Crippen molar-refractivity contribution in [2.75, 3.05) is 5.32 Å². The Kier molecular flexibility index (Phi) is 4.86. The van der Waals surface area contributed by atoms with E-state index in [9.17, 15) is 9.59 Å². The number of carbonyl (C=O) groups is 2. The molecule has 2 aromatic heterocycles. The summed E-state index contributed by atoms with van der Waals surface area (Å²) in [7, 11) is 0. The summed E-state index contributed by atoms with van der Waals surface area (Å²) in [4.78, 5) is 28.3. The fraction of sp³-hybridized carbons (Fsp3) is 0.154. The maximum absolute atomic E-state index is 11.9. The molecular formula is C13H12BrN3O2S. The predicted octanol–water partition coefficient (Wildman–Crippen LogP) is 2.66. The van der Waals surface area contributed by atoms with Crippen LogP contribution in [0.3, 0.4) is 0 Å². The molecule has 1 atom stereocenters. The number of halogens is 1. The van der Waals surface area contributed by atoms with Crippen molar-refractivity contribution in [3.05, 3.63) is 45.3 Å². The summed E-state index contributed by atoms with van der Waals surface area (Å²) in [5, 5.41) is 5.36. The molecule has 0 spiro atoms. The van der Waals surface area contributed by atoms with Gasteiger partial charge in [-0.1, -0.05) is 0 Å². The Balaban J connectivity index is 1.93. The van der Waals surface area contributed by atoms with E-state index in [2.05, 4.69) is 31.5 Å². The number of rotatable bonds is 4. The second-order valence-electron chi connectivity index (χ2n) is 4.02. The first kappa shape index (κ1) is 14.7. The molecule has 0 radical (unpaired) electrons. The maximum Gasteiger partial charge on any atom is 0.262 e. The van der Waals surface area contributed by atoms with Crippen molar-refractivity contribution in [2.24, 2.45) is 0 Å². The highest BCUT2D eigenvalue weighted by atomic mass is 79.9. The molecule has 0 saturated heterocycles. The molecular weight excluding hydrogens is 342 g/mol. The highest BCUT2D eigenvalue weighted by Gasteiger charge is 2.17. The Morgan fingerprint density at radius 3 is 2.55 bits per heavy atom. The maximum atomic E-state index is 11.9. The molecule has 0 aliphatic heterocycles. The van der Waals surface area contributed by atoms with Gasteiger partial charge in [0.25, 0.3) is 5.91 Å². The quantitative estimate of drug-likeness (QED) is 0.887. The molecule has 0 fully saturated rings. The standard InChI is InChI=1S/C13H12BrN3O2S/c1-8(12(18)17-9-4-6-15-7-5-9)16-13(19)10-2-3-11(14)20-10/h2-8H,1H3,(H,16,19)(H,15,17,18). The zero-order chi connectivity index (χ0) is 14.5. The van der Waals surface area contributed by atoms with Crippen LogP contribution in [0.15, 0.2) is 40.4 Å². The topological polar surface area (TPSA) is 71.1 Å². The molecule has 2 heterocycles. The molecule has 7 heteroatoms. The van der Waals surface area contributed by atoms with Gasteiger partial charge in [-0.05, 0) is 47.1 Å². The molecule has 2 amide bonds. The average Bonchev–Trinajstić information content (AvgIpc) is 2.86. The zero-order valence-electron chi connectivity index (χ0n) is 10.6. The SMILES string of the molecule is CC(NC(=O)c1ccc(Br)s1)C(=O)Nc1ccncc1. The number of hydrogen-bond acceptors (Lipinski definition) is 4. The van der Waals surface area contributed by atoms with Crippen LogP contribution in [0.5, 0.6) is 0 Å². The Hall–Kier alpha value is -1.73. The minimum Gasteiger partial charge on any atom is -0.340 e. The largest absolute Gasteiger partial charge is 0.340 e. The summed E-state index contributed by atoms with van der Waals surface area (Å²) >= 11 is 4.61. The van der Waals surface area contributed by atoms with Crippen LogP contribution in [0.25, 0.3) is 0 Å². The van der Waals surface area contributed by atoms with Crippen LogP contribution in [-0.4, -0.2) is 22.8 Å². The number of aromatic nitrogens is 1. The summed E-state index contributed by atoms with van der Waals surface area (Å²) in [5.41, 5.74) is 0.643. The molecule has 0 bridgehead atoms. The van der Waals surface area contributed by atoms with Crippen molar-refractivity contribution >= 4 is 44.8 Å². The van der Waals surface area contributed by atoms with Crippen molar-refractivity contribution in [2.45, 2.75) is 13.0 Å². The first-order valence-corrected chi connectivity index (χ1v) is 7.44. The van der Waals surface area contributed by atoms with Crippen molar-refractivity contribution in [3.8, 4) is 0 Å². The van der Waals surface area contributed by atoms with Crippen LogP contribution in [0.4, 0.5) is 5.69 Å². The number of pyridine rings is 1. The molecule has 0 aromatic carbocycles. The second-order valence-corrected chi connectivity index (χ2v) is 6.49. The Bertz CT molecular complexity index is 615. The molecule has 2 N–H and O–H groups in total. The molecule has 0 aliphatic rings. The molecule has 2 rings (SSSR count). The van der Waals surface area contributed by atoms with E-state index in [4.69, 9.17) is 0 Å². The smallest absolute Gasteiger partial charge is 0.262 e. The van der Waals surface area contributed by atoms with E-state index in [0.29, 0.717) is 10.6 Å². The van der Waals surface area contributed by atoms with E-state index in [-0.39, 0.29) is 11.8 Å². The van der Waals surface area contributed by atoms with Gasteiger partial charge in [0.1, 0.15) is 6.04 Å². The van der Waals surface area contributed by atoms with Crippen LogP contribution in [-0.2, 0) is 4.79 Å². The first-order chi connectivity index (χ1) is 9.56. The van der Waals surface area contributed by atoms with Gasteiger partial charge < -0.3 is 10.6 Å². The molecule has 2 aromatic rings. The van der Waals surface area contributed by atoms with Crippen LogP contribution < -0.4 is 10.6 Å². The number of amides is 2. The fourth-order valence-electron chi connectivity index (χ4n) is 1.46. The lowest BCUT2D eigenvalue weighted by atomic mass is 10.3. The Morgan fingerprint density at radius 1 is 1.25 bits per heavy atom. The van der Waals surface area contributed by atoms with Crippen LogP contribution in [0.1, 0.15) is 16.6 Å². The summed E-state index contributed by atoms with van der Waals surface area (Å²) in [6.45, 7) is 1.64. The van der Waals surface area contributed by atoms with Gasteiger partial charge >= 0.3 is 0 Å². The number of nitrogens with zero attached hydrogens (tertiary/aromatic N) is 1. The predicted molar refractivity (Wildman–Crippen MR) is 81.8 cm³/mol. The summed E-state index contributed by atoms with van der Waals surface area (Å²) in [6.07, 6.45) is 3.17. The van der Waals surface area contributed by atoms with Gasteiger partial charge in [0.05, 0.1) is 8.66 Å². The molecule has 20 heavy (non-hydrogen) atoms. The summed E-state index contributed by atoms with van der Waals surface area (Å²) in [6, 6.07) is 6.24. The summed E-state index contributed by atoms with van der Waals surface area (Å²) in [5.74, 6) is -0.543. The Labute approximate surface area is 128 Å². The number of hydrogen-bond donors (Lipinski definition) is 2. The number of thiophene rings is 1. The lowest BCUT2D eigenvalue weighted by molar-refractivity contribution is -0.117. The monoisotopic (exact) mass is 353 g/mol. The van der Waals surface area contributed by atoms with E-state index in [1.807, 2.05) is 0 Å². The molecule has 0 saturated carbocycles. The van der Waals surface area contributed by atoms with E-state index >= 15 is 0 Å². The lowest BCUT2D eigenvalue weighted by Gasteiger charge is -2.13. The third kappa shape index (κ3) is 3.88. The van der Waals surface area contributed by atoms with Gasteiger partial charge in [0.15, 0.2) is 0 Å². The lowest BCUT2D eigenvalue weighted by Crippen LogP contribution is -2.41. The average molecular weight is 354 g/mol. The van der Waals surface area contributed by atoms with Gasteiger partial charge in [-0.15, -0.1) is 11.3 Å². The van der Waals surface area contributed by atoms with Crippen LogP contribution in [0.2, 0.25) is 0 Å². The first-order valence-electron chi connectivity index (χ1n) is 5.83. The number of nitrogens with one attached hydrogen (secondary N) is 2. The molecule has 0 aliphatic carbocycles. The highest BCUT2D eigenvalue weighted by Crippen LogP contribution is 2.21. The van der Waals surface area contributed by atoms with Gasteiger partial charge in [-0.2, -0.15) is 0 Å². The van der Waals surface area contributed by atoms with E-state index in [1.54, 1.807) is 43.6 Å². The highest BCUT2D eigenvalue weighted by molar-refractivity contribution is 9.11. The van der Waals surface area contributed by atoms with Gasteiger partial charge in [-0.25, -0.2) is 0 Å². The van der Waals surface area contributed by atoms with Crippen molar-refractivity contribution < 1.29 is 9.59 Å². The molecule has 104 valence electrons. The van der Waals surface area contributed by atoms with E-state index in [1.165, 1.54) is 11.3 Å². The minimum absolute atomic E-state index is 0.266. The normalized spacial score (nSPS) is 11.7. The number of anilines is 1. The van der Waals surface area contributed by atoms with Gasteiger partial charge in [0.2, 0.25) is 5.91 Å².